The Hall–Kier alpha value is -11.7. The minimum atomic E-state index is 1.25. The van der Waals surface area contributed by atoms with E-state index in [9.17, 15) is 0 Å². The van der Waals surface area contributed by atoms with Crippen LogP contribution in [0.4, 0.5) is 0 Å². The van der Waals surface area contributed by atoms with Crippen LogP contribution in [0.1, 0.15) is 22.3 Å². The fraction of sp³-hybridized carbons (Fsp3) is 0.0426. The SMILES string of the molecule is Cc1c(-c2ccccc2)cccc1-c1ccccc1.Cc1ccc(-c2ccccc2-c2ccc(-c3ccccc3)cc2)cc1.Cc1cccc(-c2ccccc2-c2ccc(-c3ccccc3)cc2)c1.Cc1ccccc1-c1cccc(-c2ccc(-c3ccccc3)cc2)c1. The van der Waals surface area contributed by atoms with Crippen molar-refractivity contribution >= 4 is 0 Å². The first kappa shape index (κ1) is 62.5. The monoisotopic (exact) mass is 1200 g/mol. The molecule has 0 aliphatic carbocycles. The first-order valence-electron chi connectivity index (χ1n) is 32.5. The summed E-state index contributed by atoms with van der Waals surface area (Å²) in [6, 6.07) is 138. The third-order valence-electron chi connectivity index (χ3n) is 17.3. The van der Waals surface area contributed by atoms with E-state index >= 15 is 0 Å². The summed E-state index contributed by atoms with van der Waals surface area (Å²) in [5.41, 5.74) is 33.0. The number of aryl methyl sites for hydroxylation is 3. The lowest BCUT2D eigenvalue weighted by atomic mass is 9.93. The molecule has 0 spiro atoms. The summed E-state index contributed by atoms with van der Waals surface area (Å²) < 4.78 is 0. The largest absolute Gasteiger partial charge is 0.0622 e. The van der Waals surface area contributed by atoms with Crippen molar-refractivity contribution in [3.63, 3.8) is 0 Å². The van der Waals surface area contributed by atoms with Crippen molar-refractivity contribution in [3.05, 3.63) is 411 Å². The molecule has 0 radical (unpaired) electrons. The summed E-state index contributed by atoms with van der Waals surface area (Å²) in [6.45, 7) is 8.63. The normalized spacial score (nSPS) is 10.6. The van der Waals surface area contributed by atoms with E-state index in [0.29, 0.717) is 0 Å². The van der Waals surface area contributed by atoms with Gasteiger partial charge in [-0.15, -0.1) is 0 Å². The van der Waals surface area contributed by atoms with Gasteiger partial charge in [-0.1, -0.05) is 393 Å². The summed E-state index contributed by atoms with van der Waals surface area (Å²) in [5.74, 6) is 0. The molecule has 0 saturated carbocycles. The molecule has 15 rings (SSSR count). The molecule has 0 N–H and O–H groups in total. The van der Waals surface area contributed by atoms with Gasteiger partial charge in [0.25, 0.3) is 0 Å². The Morgan fingerprint density at radius 3 is 0.745 bits per heavy atom. The highest BCUT2D eigenvalue weighted by Crippen LogP contribution is 2.37. The number of rotatable bonds is 11. The summed E-state index contributed by atoms with van der Waals surface area (Å²) in [5, 5.41) is 0. The molecule has 0 bridgehead atoms. The van der Waals surface area contributed by atoms with Gasteiger partial charge in [0, 0.05) is 0 Å². The van der Waals surface area contributed by atoms with Crippen LogP contribution in [0.3, 0.4) is 0 Å². The van der Waals surface area contributed by atoms with Gasteiger partial charge in [-0.25, -0.2) is 0 Å². The Labute approximate surface area is 557 Å². The van der Waals surface area contributed by atoms with Gasteiger partial charge in [0.2, 0.25) is 0 Å². The molecule has 0 heterocycles. The van der Waals surface area contributed by atoms with E-state index in [1.165, 1.54) is 145 Å². The third-order valence-corrected chi connectivity index (χ3v) is 17.3. The average Bonchev–Trinajstić information content (AvgIpc) is 0.891. The zero-order valence-corrected chi connectivity index (χ0v) is 54.0. The molecule has 15 aromatic rings. The van der Waals surface area contributed by atoms with E-state index in [1.54, 1.807) is 0 Å². The quantitative estimate of drug-likeness (QED) is 0.121. The molecule has 0 aromatic heterocycles. The second-order valence-corrected chi connectivity index (χ2v) is 23.8. The van der Waals surface area contributed by atoms with Crippen molar-refractivity contribution in [3.8, 4) is 122 Å². The lowest BCUT2D eigenvalue weighted by Gasteiger charge is -2.11. The van der Waals surface area contributed by atoms with Crippen LogP contribution < -0.4 is 0 Å². The number of hydrogen-bond donors (Lipinski definition) is 0. The number of benzene rings is 15. The molecule has 0 unspecified atom stereocenters. The summed E-state index contributed by atoms with van der Waals surface area (Å²) in [6.07, 6.45) is 0. The Kier molecular flexibility index (Phi) is 20.5. The Bertz CT molecular complexity index is 4780. The van der Waals surface area contributed by atoms with Crippen LogP contribution in [-0.2, 0) is 0 Å². The zero-order valence-electron chi connectivity index (χ0n) is 54.0. The van der Waals surface area contributed by atoms with Gasteiger partial charge >= 0.3 is 0 Å². The molecule has 0 nitrogen and oxygen atoms in total. The highest BCUT2D eigenvalue weighted by atomic mass is 14.2. The van der Waals surface area contributed by atoms with E-state index in [1.807, 2.05) is 0 Å². The maximum absolute atomic E-state index is 2.28. The van der Waals surface area contributed by atoms with Crippen LogP contribution >= 0.6 is 0 Å². The number of hydrogen-bond acceptors (Lipinski definition) is 0. The summed E-state index contributed by atoms with van der Waals surface area (Å²) in [7, 11) is 0. The van der Waals surface area contributed by atoms with Crippen molar-refractivity contribution in [1.29, 1.82) is 0 Å². The predicted molar refractivity (Wildman–Crippen MR) is 405 cm³/mol. The minimum Gasteiger partial charge on any atom is -0.0622 e. The van der Waals surface area contributed by atoms with Crippen molar-refractivity contribution in [2.24, 2.45) is 0 Å². The topological polar surface area (TPSA) is 0 Å². The van der Waals surface area contributed by atoms with Gasteiger partial charge in [-0.3, -0.25) is 0 Å². The fourth-order valence-corrected chi connectivity index (χ4v) is 12.2. The van der Waals surface area contributed by atoms with Crippen LogP contribution in [0.25, 0.3) is 122 Å². The molecule has 94 heavy (non-hydrogen) atoms. The van der Waals surface area contributed by atoms with E-state index in [4.69, 9.17) is 0 Å². The summed E-state index contributed by atoms with van der Waals surface area (Å²) >= 11 is 0. The minimum absolute atomic E-state index is 1.25. The van der Waals surface area contributed by atoms with Crippen LogP contribution in [0.2, 0.25) is 0 Å². The van der Waals surface area contributed by atoms with Gasteiger partial charge < -0.3 is 0 Å². The van der Waals surface area contributed by atoms with Crippen LogP contribution in [0.5, 0.6) is 0 Å². The molecular weight excluding hydrogens is 1130 g/mol. The third kappa shape index (κ3) is 15.7. The molecule has 0 saturated heterocycles. The van der Waals surface area contributed by atoms with Crippen molar-refractivity contribution < 1.29 is 0 Å². The highest BCUT2D eigenvalue weighted by Gasteiger charge is 2.12. The first-order chi connectivity index (χ1) is 46.3. The van der Waals surface area contributed by atoms with E-state index in [-0.39, 0.29) is 0 Å². The second-order valence-electron chi connectivity index (χ2n) is 23.8. The van der Waals surface area contributed by atoms with E-state index in [2.05, 4.69) is 416 Å². The maximum atomic E-state index is 2.28. The van der Waals surface area contributed by atoms with Crippen molar-refractivity contribution in [2.75, 3.05) is 0 Å². The van der Waals surface area contributed by atoms with Crippen molar-refractivity contribution in [2.45, 2.75) is 27.7 Å². The average molecular weight is 1210 g/mol. The Morgan fingerprint density at radius 1 is 0.128 bits per heavy atom. The van der Waals surface area contributed by atoms with Crippen molar-refractivity contribution in [1.82, 2.24) is 0 Å². The molecule has 0 aliphatic rings. The van der Waals surface area contributed by atoms with Gasteiger partial charge in [0.1, 0.15) is 0 Å². The fourth-order valence-electron chi connectivity index (χ4n) is 12.2. The second kappa shape index (κ2) is 30.9. The molecule has 0 heteroatoms. The highest BCUT2D eigenvalue weighted by molar-refractivity contribution is 5.86. The van der Waals surface area contributed by atoms with E-state index in [0.717, 1.165) is 0 Å². The molecule has 15 aromatic carbocycles. The predicted octanol–water partition coefficient (Wildman–Crippen LogP) is 26.3. The zero-order chi connectivity index (χ0) is 64.3. The molecular formula is C94H76. The molecule has 0 atom stereocenters. The summed E-state index contributed by atoms with van der Waals surface area (Å²) in [4.78, 5) is 0. The molecule has 0 aliphatic heterocycles. The van der Waals surface area contributed by atoms with Crippen LogP contribution in [0.15, 0.2) is 388 Å². The van der Waals surface area contributed by atoms with Gasteiger partial charge in [0.05, 0.1) is 0 Å². The smallest absolute Gasteiger partial charge is 0.0105 e. The van der Waals surface area contributed by atoms with Gasteiger partial charge in [-0.2, -0.15) is 0 Å². The lowest BCUT2D eigenvalue weighted by molar-refractivity contribution is 1.45. The van der Waals surface area contributed by atoms with Crippen LogP contribution in [-0.4, -0.2) is 0 Å². The van der Waals surface area contributed by atoms with E-state index < -0.39 is 0 Å². The van der Waals surface area contributed by atoms with Crippen LogP contribution in [0, 0.1) is 27.7 Å². The van der Waals surface area contributed by atoms with Gasteiger partial charge in [0.15, 0.2) is 0 Å². The molecule has 0 fully saturated rings. The maximum Gasteiger partial charge on any atom is -0.0105 e. The Morgan fingerprint density at radius 2 is 0.362 bits per heavy atom. The standard InChI is InChI=1S/3C25H20.C19H16/c1-19-8-7-11-23(18-19)25-13-6-5-12-24(25)22-16-14-21(15-17-22)20-9-3-2-4-10-20;1-19-8-5-6-13-25(19)24-12-7-11-23(18-24)22-16-14-21(15-17-22)20-9-3-2-4-10-20;1-19-11-13-22(14-12-19)24-9-5-6-10-25(24)23-17-15-21(16-18-23)20-7-3-2-4-8-20;1-15-18(16-9-4-2-5-10-16)13-8-14-19(15)17-11-6-3-7-12-17/h3*2-18H,1H3;2-14H,1H3. The lowest BCUT2D eigenvalue weighted by Crippen LogP contribution is -1.87. The molecule has 452 valence electrons. The Balaban J connectivity index is 0.000000121. The molecule has 0 amide bonds. The first-order valence-corrected chi connectivity index (χ1v) is 32.5. The van der Waals surface area contributed by atoms with Gasteiger partial charge in [-0.05, 0) is 167 Å².